The molecule has 1 aromatic rings. The van der Waals surface area contributed by atoms with Gasteiger partial charge in [-0.05, 0) is 24.2 Å². The SMILES string of the molecule is C[C@H]1CN(C(=O)c2nonc2N)C[C@H](C)O1. The first kappa shape index (κ1) is 10.9. The summed E-state index contributed by atoms with van der Waals surface area (Å²) in [6, 6.07) is 0. The largest absolute Gasteiger partial charge is 0.379 e. The standard InChI is InChI=1S/C9H14N4O3/c1-5-3-13(4-6(2)15-5)9(14)7-8(10)12-16-11-7/h5-6H,3-4H2,1-2H3,(H2,10,12)/t5-,6-/m0/s1. The number of nitrogens with zero attached hydrogens (tertiary/aromatic N) is 3. The summed E-state index contributed by atoms with van der Waals surface area (Å²) in [4.78, 5) is 13.6. The highest BCUT2D eigenvalue weighted by Crippen LogP contribution is 2.15. The van der Waals surface area contributed by atoms with Gasteiger partial charge in [0.15, 0.2) is 0 Å². The van der Waals surface area contributed by atoms with E-state index in [2.05, 4.69) is 14.9 Å². The fraction of sp³-hybridized carbons (Fsp3) is 0.667. The van der Waals surface area contributed by atoms with E-state index in [4.69, 9.17) is 10.5 Å². The maximum absolute atomic E-state index is 12.0. The topological polar surface area (TPSA) is 94.5 Å². The summed E-state index contributed by atoms with van der Waals surface area (Å²) in [6.07, 6.45) is 0.0163. The molecule has 2 heterocycles. The number of carbonyl (C=O) groups excluding carboxylic acids is 1. The fourth-order valence-corrected chi connectivity index (χ4v) is 1.84. The van der Waals surface area contributed by atoms with Crippen molar-refractivity contribution in [2.24, 2.45) is 0 Å². The third kappa shape index (κ3) is 1.99. The van der Waals surface area contributed by atoms with Gasteiger partial charge in [0, 0.05) is 13.1 Å². The highest BCUT2D eigenvalue weighted by atomic mass is 16.6. The molecule has 0 spiro atoms. The molecule has 0 saturated carbocycles. The molecule has 2 N–H and O–H groups in total. The molecule has 2 atom stereocenters. The smallest absolute Gasteiger partial charge is 0.280 e. The van der Waals surface area contributed by atoms with Crippen LogP contribution in [0.5, 0.6) is 0 Å². The van der Waals surface area contributed by atoms with Crippen LogP contribution >= 0.6 is 0 Å². The van der Waals surface area contributed by atoms with E-state index in [1.165, 1.54) is 0 Å². The Morgan fingerprint density at radius 2 is 2.00 bits per heavy atom. The van der Waals surface area contributed by atoms with Gasteiger partial charge < -0.3 is 15.4 Å². The summed E-state index contributed by atoms with van der Waals surface area (Å²) in [5.74, 6) is -0.238. The summed E-state index contributed by atoms with van der Waals surface area (Å²) < 4.78 is 9.94. The number of amides is 1. The Kier molecular flexibility index (Phi) is 2.78. The van der Waals surface area contributed by atoms with Crippen molar-refractivity contribution in [2.45, 2.75) is 26.1 Å². The van der Waals surface area contributed by atoms with Crippen LogP contribution in [0.3, 0.4) is 0 Å². The molecule has 1 amide bonds. The van der Waals surface area contributed by atoms with E-state index in [-0.39, 0.29) is 29.6 Å². The second-order valence-corrected chi connectivity index (χ2v) is 3.97. The Morgan fingerprint density at radius 1 is 1.38 bits per heavy atom. The summed E-state index contributed by atoms with van der Waals surface area (Å²) in [5.41, 5.74) is 5.54. The average Bonchev–Trinajstić information content (AvgIpc) is 2.62. The van der Waals surface area contributed by atoms with Crippen LogP contribution in [0, 0.1) is 0 Å². The minimum atomic E-state index is -0.263. The van der Waals surface area contributed by atoms with Crippen LogP contribution in [0.1, 0.15) is 24.3 Å². The van der Waals surface area contributed by atoms with Crippen molar-refractivity contribution >= 4 is 11.7 Å². The molecular weight excluding hydrogens is 212 g/mol. The van der Waals surface area contributed by atoms with E-state index in [0.717, 1.165) is 0 Å². The van der Waals surface area contributed by atoms with E-state index < -0.39 is 0 Å². The molecule has 1 saturated heterocycles. The number of nitrogens with two attached hydrogens (primary N) is 1. The lowest BCUT2D eigenvalue weighted by Crippen LogP contribution is -2.48. The first-order valence-corrected chi connectivity index (χ1v) is 5.10. The quantitative estimate of drug-likeness (QED) is 0.718. The molecule has 1 fully saturated rings. The van der Waals surface area contributed by atoms with Crippen molar-refractivity contribution in [1.82, 2.24) is 15.2 Å². The molecular formula is C9H14N4O3. The van der Waals surface area contributed by atoms with Crippen LogP contribution in [0.2, 0.25) is 0 Å². The van der Waals surface area contributed by atoms with Gasteiger partial charge in [-0.15, -0.1) is 0 Å². The number of carbonyl (C=O) groups is 1. The molecule has 7 nitrogen and oxygen atoms in total. The summed E-state index contributed by atoms with van der Waals surface area (Å²) >= 11 is 0. The van der Waals surface area contributed by atoms with Gasteiger partial charge in [0.05, 0.1) is 12.2 Å². The highest BCUT2D eigenvalue weighted by molar-refractivity contribution is 5.96. The summed E-state index contributed by atoms with van der Waals surface area (Å²) in [7, 11) is 0. The van der Waals surface area contributed by atoms with E-state index in [0.29, 0.717) is 13.1 Å². The average molecular weight is 226 g/mol. The van der Waals surface area contributed by atoms with Crippen molar-refractivity contribution in [1.29, 1.82) is 0 Å². The second kappa shape index (κ2) is 4.09. The molecule has 16 heavy (non-hydrogen) atoms. The van der Waals surface area contributed by atoms with E-state index in [1.54, 1.807) is 4.90 Å². The van der Waals surface area contributed by atoms with Gasteiger partial charge in [-0.3, -0.25) is 4.79 Å². The van der Waals surface area contributed by atoms with Gasteiger partial charge in [-0.2, -0.15) is 0 Å². The van der Waals surface area contributed by atoms with Crippen LogP contribution in [0.15, 0.2) is 4.63 Å². The normalized spacial score (nSPS) is 25.8. The minimum Gasteiger partial charge on any atom is -0.379 e. The van der Waals surface area contributed by atoms with Gasteiger partial charge >= 0.3 is 0 Å². The molecule has 0 aliphatic carbocycles. The molecule has 7 heteroatoms. The van der Waals surface area contributed by atoms with E-state index in [9.17, 15) is 4.79 Å². The second-order valence-electron chi connectivity index (χ2n) is 3.97. The number of morpholine rings is 1. The molecule has 88 valence electrons. The molecule has 1 aromatic heterocycles. The van der Waals surface area contributed by atoms with Crippen LogP contribution in [0.4, 0.5) is 5.82 Å². The zero-order valence-corrected chi connectivity index (χ0v) is 9.21. The minimum absolute atomic E-state index is 0.00813. The van der Waals surface area contributed by atoms with Crippen molar-refractivity contribution < 1.29 is 14.2 Å². The Balaban J connectivity index is 2.13. The molecule has 0 unspecified atom stereocenters. The van der Waals surface area contributed by atoms with Crippen molar-refractivity contribution in [3.63, 3.8) is 0 Å². The van der Waals surface area contributed by atoms with Gasteiger partial charge in [0.25, 0.3) is 5.91 Å². The first-order valence-electron chi connectivity index (χ1n) is 5.10. The Bertz CT molecular complexity index is 382. The molecule has 0 bridgehead atoms. The first-order chi connectivity index (χ1) is 7.58. The van der Waals surface area contributed by atoms with Crippen LogP contribution < -0.4 is 5.73 Å². The molecule has 1 aliphatic heterocycles. The molecule has 0 aromatic carbocycles. The van der Waals surface area contributed by atoms with Crippen LogP contribution in [-0.2, 0) is 4.74 Å². The lowest BCUT2D eigenvalue weighted by molar-refractivity contribution is -0.0588. The van der Waals surface area contributed by atoms with Crippen molar-refractivity contribution in [2.75, 3.05) is 18.8 Å². The molecule has 2 rings (SSSR count). The lowest BCUT2D eigenvalue weighted by atomic mass is 10.2. The zero-order valence-electron chi connectivity index (χ0n) is 9.21. The number of hydrogen-bond acceptors (Lipinski definition) is 6. The van der Waals surface area contributed by atoms with Crippen molar-refractivity contribution in [3.05, 3.63) is 5.69 Å². The predicted octanol–water partition coefficient (Wildman–Crippen LogP) is -0.0988. The van der Waals surface area contributed by atoms with Crippen LogP contribution in [-0.4, -0.2) is 46.4 Å². The molecule has 0 radical (unpaired) electrons. The number of hydrogen-bond donors (Lipinski definition) is 1. The highest BCUT2D eigenvalue weighted by Gasteiger charge is 2.29. The van der Waals surface area contributed by atoms with Gasteiger partial charge in [0.2, 0.25) is 11.5 Å². The zero-order chi connectivity index (χ0) is 11.7. The van der Waals surface area contributed by atoms with Crippen LogP contribution in [0.25, 0.3) is 0 Å². The fourth-order valence-electron chi connectivity index (χ4n) is 1.84. The van der Waals surface area contributed by atoms with E-state index >= 15 is 0 Å². The summed E-state index contributed by atoms with van der Waals surface area (Å²) in [6.45, 7) is 4.88. The summed E-state index contributed by atoms with van der Waals surface area (Å²) in [5, 5.41) is 6.88. The maximum Gasteiger partial charge on any atom is 0.280 e. The Labute approximate surface area is 92.5 Å². The Morgan fingerprint density at radius 3 is 2.50 bits per heavy atom. The monoisotopic (exact) mass is 226 g/mol. The lowest BCUT2D eigenvalue weighted by Gasteiger charge is -2.34. The number of rotatable bonds is 1. The number of ether oxygens (including phenoxy) is 1. The van der Waals surface area contributed by atoms with Gasteiger partial charge in [-0.1, -0.05) is 0 Å². The van der Waals surface area contributed by atoms with E-state index in [1.807, 2.05) is 13.8 Å². The van der Waals surface area contributed by atoms with Gasteiger partial charge in [-0.25, -0.2) is 4.63 Å². The Hall–Kier alpha value is -1.63. The van der Waals surface area contributed by atoms with Gasteiger partial charge in [0.1, 0.15) is 0 Å². The maximum atomic E-state index is 12.0. The number of anilines is 1. The third-order valence-corrected chi connectivity index (χ3v) is 2.42. The molecule has 1 aliphatic rings. The third-order valence-electron chi connectivity index (χ3n) is 2.42. The van der Waals surface area contributed by atoms with Crippen molar-refractivity contribution in [3.8, 4) is 0 Å². The predicted molar refractivity (Wildman–Crippen MR) is 54.6 cm³/mol. The number of nitrogen functional groups attached to an aromatic ring is 1. The number of aromatic nitrogens is 2.